The van der Waals surface area contributed by atoms with Crippen molar-refractivity contribution in [2.75, 3.05) is 13.7 Å². The predicted octanol–water partition coefficient (Wildman–Crippen LogP) is 1.81. The molecule has 2 N–H and O–H groups in total. The Hall–Kier alpha value is -2.87. The number of rotatable bonds is 6. The van der Waals surface area contributed by atoms with Crippen molar-refractivity contribution in [2.45, 2.75) is 50.2 Å². The van der Waals surface area contributed by atoms with E-state index in [0.717, 1.165) is 23.3 Å². The Labute approximate surface area is 182 Å². The molecule has 2 aromatic rings. The fraction of sp³-hybridized carbons (Fsp3) is 0.522. The number of amides is 1. The lowest BCUT2D eigenvalue weighted by Crippen LogP contribution is -2.49. The molecule has 2 aliphatic heterocycles. The smallest absolute Gasteiger partial charge is 0.326 e. The van der Waals surface area contributed by atoms with Crippen molar-refractivity contribution in [3.63, 3.8) is 0 Å². The quantitative estimate of drug-likeness (QED) is 0.731. The third kappa shape index (κ3) is 4.44. The Kier molecular flexibility index (Phi) is 6.00. The number of carboxylic acid groups (broad SMARTS) is 1. The summed E-state index contributed by atoms with van der Waals surface area (Å²) < 4.78 is 6.97. The van der Waals surface area contributed by atoms with E-state index in [4.69, 9.17) is 4.74 Å². The number of hydrogen-bond donors (Lipinski definition) is 2. The van der Waals surface area contributed by atoms with Crippen LogP contribution in [-0.4, -0.2) is 63.4 Å². The van der Waals surface area contributed by atoms with Crippen molar-refractivity contribution in [2.24, 2.45) is 13.0 Å². The summed E-state index contributed by atoms with van der Waals surface area (Å²) in [5, 5.41) is 17.4. The molecule has 8 nitrogen and oxygen atoms in total. The number of aromatic nitrogens is 2. The van der Waals surface area contributed by atoms with Gasteiger partial charge in [-0.15, -0.1) is 0 Å². The van der Waals surface area contributed by atoms with Gasteiger partial charge in [0, 0.05) is 31.7 Å². The van der Waals surface area contributed by atoms with Gasteiger partial charge in [-0.1, -0.05) is 12.1 Å². The third-order valence-corrected chi connectivity index (χ3v) is 6.65. The number of nitrogens with zero attached hydrogens (tertiary/aromatic N) is 3. The molecule has 2 fully saturated rings. The van der Waals surface area contributed by atoms with Crippen molar-refractivity contribution in [1.29, 1.82) is 0 Å². The van der Waals surface area contributed by atoms with Crippen LogP contribution < -0.4 is 10.1 Å². The van der Waals surface area contributed by atoms with Gasteiger partial charge in [0.2, 0.25) is 5.91 Å². The fourth-order valence-corrected chi connectivity index (χ4v) is 5.03. The summed E-state index contributed by atoms with van der Waals surface area (Å²) >= 11 is 0. The molecule has 0 bridgehead atoms. The zero-order valence-corrected chi connectivity index (χ0v) is 18.2. The molecule has 2 aliphatic rings. The van der Waals surface area contributed by atoms with Crippen molar-refractivity contribution in [3.05, 3.63) is 47.8 Å². The van der Waals surface area contributed by atoms with Gasteiger partial charge in [-0.05, 0) is 55.4 Å². The van der Waals surface area contributed by atoms with Gasteiger partial charge in [0.05, 0.1) is 19.3 Å². The van der Waals surface area contributed by atoms with E-state index in [2.05, 4.69) is 17.3 Å². The zero-order valence-electron chi connectivity index (χ0n) is 18.2. The number of carbonyl (C=O) groups is 2. The highest BCUT2D eigenvalue weighted by Gasteiger charge is 2.44. The first-order valence-corrected chi connectivity index (χ1v) is 10.8. The average molecular weight is 427 g/mol. The molecule has 0 aliphatic carbocycles. The molecule has 31 heavy (non-hydrogen) atoms. The van der Waals surface area contributed by atoms with Crippen LogP contribution in [0.3, 0.4) is 0 Å². The molecular formula is C23H30N4O4. The summed E-state index contributed by atoms with van der Waals surface area (Å²) in [6.45, 7) is 2.53. The van der Waals surface area contributed by atoms with E-state index in [-0.39, 0.29) is 29.8 Å². The molecule has 3 heterocycles. The highest BCUT2D eigenvalue weighted by molar-refractivity contribution is 5.88. The number of methoxy groups -OCH3 is 1. The summed E-state index contributed by atoms with van der Waals surface area (Å²) in [5.41, 5.74) is 2.22. The number of likely N-dealkylation sites (tertiary alicyclic amines) is 1. The monoisotopic (exact) mass is 426 g/mol. The number of ether oxygens (including phenoxy) is 1. The Morgan fingerprint density at radius 1 is 1.26 bits per heavy atom. The SMILES string of the molecule is COc1ccc(C[C@@H]2C[C@@H](C(=O)O)N(C(=O)[C@H]3C[C@@H](c4cnn(C)c4)C(C)N3)C2)cc1. The minimum atomic E-state index is -0.930. The summed E-state index contributed by atoms with van der Waals surface area (Å²) in [5.74, 6) is 0.0540. The van der Waals surface area contributed by atoms with Crippen LogP contribution in [0.25, 0.3) is 0 Å². The average Bonchev–Trinajstić information content (AvgIpc) is 3.46. The molecule has 2 saturated heterocycles. The van der Waals surface area contributed by atoms with Crippen LogP contribution in [0, 0.1) is 5.92 Å². The van der Waals surface area contributed by atoms with Crippen LogP contribution in [0.2, 0.25) is 0 Å². The maximum Gasteiger partial charge on any atom is 0.326 e. The molecule has 166 valence electrons. The first-order valence-electron chi connectivity index (χ1n) is 10.8. The molecule has 1 aromatic carbocycles. The highest BCUT2D eigenvalue weighted by atomic mass is 16.5. The van der Waals surface area contributed by atoms with Gasteiger partial charge < -0.3 is 20.1 Å². The predicted molar refractivity (Wildman–Crippen MR) is 115 cm³/mol. The van der Waals surface area contributed by atoms with E-state index in [1.165, 1.54) is 0 Å². The number of carbonyl (C=O) groups excluding carboxylic acids is 1. The van der Waals surface area contributed by atoms with Crippen LogP contribution in [0.15, 0.2) is 36.7 Å². The Bertz CT molecular complexity index is 941. The number of hydrogen-bond acceptors (Lipinski definition) is 5. The standard InChI is InChI=1S/C23H30N4O4/c1-14-19(17-11-24-26(2)13-17)10-20(25-14)22(28)27-12-16(9-21(27)23(29)30)8-15-4-6-18(31-3)7-5-15/h4-7,11,13-14,16,19-21,25H,8-10,12H2,1-3H3,(H,29,30)/t14?,16-,19-,20-,21+/m1/s1. The van der Waals surface area contributed by atoms with Gasteiger partial charge in [-0.3, -0.25) is 9.48 Å². The van der Waals surface area contributed by atoms with E-state index in [1.54, 1.807) is 16.7 Å². The van der Waals surface area contributed by atoms with E-state index < -0.39 is 12.0 Å². The maximum atomic E-state index is 13.3. The van der Waals surface area contributed by atoms with Gasteiger partial charge in [-0.25, -0.2) is 4.79 Å². The van der Waals surface area contributed by atoms with Gasteiger partial charge in [0.1, 0.15) is 11.8 Å². The second kappa shape index (κ2) is 8.70. The lowest BCUT2D eigenvalue weighted by Gasteiger charge is -2.25. The molecule has 0 radical (unpaired) electrons. The molecule has 5 atom stereocenters. The molecule has 4 rings (SSSR count). The fourth-order valence-electron chi connectivity index (χ4n) is 5.03. The molecule has 1 unspecified atom stereocenters. The van der Waals surface area contributed by atoms with Crippen molar-refractivity contribution >= 4 is 11.9 Å². The largest absolute Gasteiger partial charge is 0.497 e. The second-order valence-corrected chi connectivity index (χ2v) is 8.80. The number of nitrogens with one attached hydrogen (secondary N) is 1. The van der Waals surface area contributed by atoms with Crippen molar-refractivity contribution in [3.8, 4) is 5.75 Å². The summed E-state index contributed by atoms with van der Waals surface area (Å²) in [7, 11) is 3.51. The summed E-state index contributed by atoms with van der Waals surface area (Å²) in [4.78, 5) is 26.8. The highest BCUT2D eigenvalue weighted by Crippen LogP contribution is 2.34. The minimum absolute atomic E-state index is 0.108. The third-order valence-electron chi connectivity index (χ3n) is 6.65. The van der Waals surface area contributed by atoms with E-state index >= 15 is 0 Å². The molecule has 1 aromatic heterocycles. The van der Waals surface area contributed by atoms with Crippen molar-refractivity contribution < 1.29 is 19.4 Å². The van der Waals surface area contributed by atoms with E-state index in [0.29, 0.717) is 19.4 Å². The van der Waals surface area contributed by atoms with Gasteiger partial charge in [-0.2, -0.15) is 5.10 Å². The number of aryl methyl sites for hydroxylation is 1. The van der Waals surface area contributed by atoms with Crippen molar-refractivity contribution in [1.82, 2.24) is 20.0 Å². The summed E-state index contributed by atoms with van der Waals surface area (Å²) in [6, 6.07) is 6.79. The molecule has 0 saturated carbocycles. The minimum Gasteiger partial charge on any atom is -0.497 e. The van der Waals surface area contributed by atoms with Crippen LogP contribution in [0.5, 0.6) is 5.75 Å². The lowest BCUT2D eigenvalue weighted by atomic mass is 9.94. The van der Waals surface area contributed by atoms with Crippen LogP contribution in [0.1, 0.15) is 36.8 Å². The van der Waals surface area contributed by atoms with Crippen LogP contribution in [-0.2, 0) is 23.1 Å². The Morgan fingerprint density at radius 2 is 2.00 bits per heavy atom. The number of aliphatic carboxylic acids is 1. The van der Waals surface area contributed by atoms with E-state index in [9.17, 15) is 14.7 Å². The Morgan fingerprint density at radius 3 is 2.61 bits per heavy atom. The molecule has 0 spiro atoms. The first kappa shape index (κ1) is 21.4. The zero-order chi connectivity index (χ0) is 22.1. The maximum absolute atomic E-state index is 13.3. The number of benzene rings is 1. The number of carboxylic acids is 1. The molecular weight excluding hydrogens is 396 g/mol. The Balaban J connectivity index is 1.44. The second-order valence-electron chi connectivity index (χ2n) is 8.80. The van der Waals surface area contributed by atoms with Gasteiger partial charge in [0.25, 0.3) is 0 Å². The first-order chi connectivity index (χ1) is 14.9. The lowest BCUT2D eigenvalue weighted by molar-refractivity contribution is -0.148. The van der Waals surface area contributed by atoms with E-state index in [1.807, 2.05) is 43.7 Å². The topological polar surface area (TPSA) is 96.7 Å². The van der Waals surface area contributed by atoms with Crippen LogP contribution >= 0.6 is 0 Å². The normalized spacial score (nSPS) is 28.1. The molecule has 1 amide bonds. The molecule has 8 heteroatoms. The van der Waals surface area contributed by atoms with Crippen LogP contribution in [0.4, 0.5) is 0 Å². The summed E-state index contributed by atoms with van der Waals surface area (Å²) in [6.07, 6.45) is 5.69. The van der Waals surface area contributed by atoms with Gasteiger partial charge in [0.15, 0.2) is 0 Å². The van der Waals surface area contributed by atoms with Gasteiger partial charge >= 0.3 is 5.97 Å².